The number of rotatable bonds is 6. The molecule has 6 nitrogen and oxygen atoms in total. The van der Waals surface area contributed by atoms with Crippen LogP contribution in [0.1, 0.15) is 19.4 Å². The normalized spacial score (nSPS) is 19.0. The van der Waals surface area contributed by atoms with Crippen molar-refractivity contribution in [3.8, 4) is 0 Å². The third kappa shape index (κ3) is 5.48. The topological polar surface area (TPSA) is 63.6 Å². The summed E-state index contributed by atoms with van der Waals surface area (Å²) in [4.78, 5) is 26.3. The molecule has 128 valence electrons. The first-order chi connectivity index (χ1) is 11.0. The predicted molar refractivity (Wildman–Crippen MR) is 89.5 cm³/mol. The van der Waals surface area contributed by atoms with Crippen LogP contribution in [0, 0.1) is 12.8 Å². The van der Waals surface area contributed by atoms with Crippen molar-refractivity contribution in [3.63, 3.8) is 0 Å². The molecular weight excluding hydrogens is 294 g/mol. The van der Waals surface area contributed by atoms with Gasteiger partial charge in [-0.15, -0.1) is 0 Å². The Bertz CT molecular complexity index is 583. The Labute approximate surface area is 137 Å². The number of pyridine rings is 1. The van der Waals surface area contributed by atoms with E-state index >= 15 is 0 Å². The van der Waals surface area contributed by atoms with Crippen molar-refractivity contribution in [3.05, 3.63) is 34.2 Å². The molecular formula is C17H27N3O3. The van der Waals surface area contributed by atoms with Crippen LogP contribution in [0.2, 0.25) is 0 Å². The summed E-state index contributed by atoms with van der Waals surface area (Å²) in [5, 5.41) is 2.87. The number of hydrogen-bond donors (Lipinski definition) is 1. The molecule has 6 heteroatoms. The monoisotopic (exact) mass is 321 g/mol. The van der Waals surface area contributed by atoms with Crippen molar-refractivity contribution in [2.75, 3.05) is 32.8 Å². The summed E-state index contributed by atoms with van der Waals surface area (Å²) < 4.78 is 7.14. The number of hydrogen-bond acceptors (Lipinski definition) is 4. The summed E-state index contributed by atoms with van der Waals surface area (Å²) in [6.07, 6.45) is 1.65. The van der Waals surface area contributed by atoms with Crippen LogP contribution in [0.25, 0.3) is 0 Å². The summed E-state index contributed by atoms with van der Waals surface area (Å²) in [7, 11) is 0. The van der Waals surface area contributed by atoms with Crippen molar-refractivity contribution < 1.29 is 9.53 Å². The lowest BCUT2D eigenvalue weighted by atomic mass is 10.2. The van der Waals surface area contributed by atoms with Crippen LogP contribution in [-0.4, -0.2) is 54.3 Å². The minimum atomic E-state index is -0.165. The first-order valence-corrected chi connectivity index (χ1v) is 8.22. The van der Waals surface area contributed by atoms with Gasteiger partial charge in [0.2, 0.25) is 5.91 Å². The highest BCUT2D eigenvalue weighted by atomic mass is 16.5. The predicted octanol–water partition coefficient (Wildman–Crippen LogP) is 0.630. The maximum absolute atomic E-state index is 12.0. The number of carbonyl (C=O) groups is 1. The second-order valence-electron chi connectivity index (χ2n) is 6.57. The maximum Gasteiger partial charge on any atom is 0.253 e. The van der Waals surface area contributed by atoms with Crippen molar-refractivity contribution in [1.29, 1.82) is 0 Å². The van der Waals surface area contributed by atoms with Crippen molar-refractivity contribution in [2.45, 2.75) is 33.4 Å². The number of amides is 1. The molecule has 1 atom stereocenters. The van der Waals surface area contributed by atoms with E-state index < -0.39 is 0 Å². The Morgan fingerprint density at radius 2 is 2.26 bits per heavy atom. The number of nitrogens with zero attached hydrogens (tertiary/aromatic N) is 2. The van der Waals surface area contributed by atoms with Gasteiger partial charge in [-0.2, -0.15) is 0 Å². The van der Waals surface area contributed by atoms with Crippen LogP contribution in [0.15, 0.2) is 23.1 Å². The van der Waals surface area contributed by atoms with Gasteiger partial charge >= 0.3 is 0 Å². The maximum atomic E-state index is 12.0. The Morgan fingerprint density at radius 1 is 1.48 bits per heavy atom. The van der Waals surface area contributed by atoms with Gasteiger partial charge in [-0.25, -0.2) is 0 Å². The molecule has 2 heterocycles. The van der Waals surface area contributed by atoms with Gasteiger partial charge in [-0.3, -0.25) is 14.5 Å². The molecule has 0 saturated carbocycles. The van der Waals surface area contributed by atoms with Crippen molar-refractivity contribution >= 4 is 5.91 Å². The number of aryl methyl sites for hydroxylation is 1. The molecule has 1 amide bonds. The van der Waals surface area contributed by atoms with E-state index in [1.807, 2.05) is 0 Å². The van der Waals surface area contributed by atoms with Gasteiger partial charge in [0, 0.05) is 37.9 Å². The van der Waals surface area contributed by atoms with Crippen LogP contribution in [0.3, 0.4) is 0 Å². The highest BCUT2D eigenvalue weighted by Gasteiger charge is 2.21. The Balaban J connectivity index is 1.80. The molecule has 1 aliphatic rings. The molecule has 1 fully saturated rings. The van der Waals surface area contributed by atoms with Gasteiger partial charge in [0.05, 0.1) is 12.7 Å². The van der Waals surface area contributed by atoms with E-state index in [0.717, 1.165) is 19.6 Å². The molecule has 2 rings (SSSR count). The summed E-state index contributed by atoms with van der Waals surface area (Å²) in [5.41, 5.74) is 0.514. The van der Waals surface area contributed by atoms with Crippen molar-refractivity contribution in [2.24, 2.45) is 5.92 Å². The second-order valence-corrected chi connectivity index (χ2v) is 6.57. The molecule has 0 spiro atoms. The van der Waals surface area contributed by atoms with Gasteiger partial charge in [-0.05, 0) is 18.9 Å². The molecule has 0 aromatic carbocycles. The van der Waals surface area contributed by atoms with Crippen LogP contribution in [0.4, 0.5) is 0 Å². The van der Waals surface area contributed by atoms with Gasteiger partial charge in [0.25, 0.3) is 5.56 Å². The first-order valence-electron chi connectivity index (χ1n) is 8.22. The molecule has 0 radical (unpaired) electrons. The number of morpholine rings is 1. The fraction of sp³-hybridized carbons (Fsp3) is 0.647. The summed E-state index contributed by atoms with van der Waals surface area (Å²) in [6.45, 7) is 10.2. The number of ether oxygens (including phenoxy) is 1. The Kier molecular flexibility index (Phi) is 6.36. The quantitative estimate of drug-likeness (QED) is 0.835. The average molecular weight is 321 g/mol. The smallest absolute Gasteiger partial charge is 0.253 e. The first kappa shape index (κ1) is 17.7. The summed E-state index contributed by atoms with van der Waals surface area (Å²) >= 11 is 0. The van der Waals surface area contributed by atoms with Crippen LogP contribution in [0.5, 0.6) is 0 Å². The highest BCUT2D eigenvalue weighted by molar-refractivity contribution is 5.75. The minimum Gasteiger partial charge on any atom is -0.374 e. The fourth-order valence-electron chi connectivity index (χ4n) is 2.81. The van der Waals surface area contributed by atoms with E-state index in [0.29, 0.717) is 24.6 Å². The van der Waals surface area contributed by atoms with Gasteiger partial charge < -0.3 is 14.6 Å². The minimum absolute atomic E-state index is 0.0145. The molecule has 23 heavy (non-hydrogen) atoms. The van der Waals surface area contributed by atoms with Crippen LogP contribution >= 0.6 is 0 Å². The van der Waals surface area contributed by atoms with Gasteiger partial charge in [0.1, 0.15) is 6.54 Å². The average Bonchev–Trinajstić information content (AvgIpc) is 2.50. The number of carbonyl (C=O) groups excluding carboxylic acids is 1. The third-order valence-corrected chi connectivity index (χ3v) is 3.90. The second kappa shape index (κ2) is 8.26. The molecule has 1 saturated heterocycles. The van der Waals surface area contributed by atoms with Gasteiger partial charge in [-0.1, -0.05) is 19.9 Å². The van der Waals surface area contributed by atoms with E-state index in [9.17, 15) is 9.59 Å². The van der Waals surface area contributed by atoms with E-state index in [1.165, 1.54) is 4.57 Å². The zero-order valence-electron chi connectivity index (χ0n) is 14.2. The van der Waals surface area contributed by atoms with Crippen molar-refractivity contribution in [1.82, 2.24) is 14.8 Å². The van der Waals surface area contributed by atoms with Gasteiger partial charge in [0.15, 0.2) is 0 Å². The summed E-state index contributed by atoms with van der Waals surface area (Å²) in [6, 6.07) is 3.52. The zero-order valence-corrected chi connectivity index (χ0v) is 14.2. The molecule has 1 N–H and O–H groups in total. The molecule has 1 aromatic heterocycles. The lowest BCUT2D eigenvalue weighted by Crippen LogP contribution is -2.48. The highest BCUT2D eigenvalue weighted by Crippen LogP contribution is 2.07. The SMILES string of the molecule is Cc1cccn(CC(=O)NC[C@H]2CN(CC(C)C)CCO2)c1=O. The lowest BCUT2D eigenvalue weighted by Gasteiger charge is -2.33. The van der Waals surface area contributed by atoms with Crippen LogP contribution < -0.4 is 10.9 Å². The van der Waals surface area contributed by atoms with E-state index in [-0.39, 0.29) is 24.1 Å². The molecule has 0 unspecified atom stereocenters. The fourth-order valence-corrected chi connectivity index (χ4v) is 2.81. The zero-order chi connectivity index (χ0) is 16.8. The van der Waals surface area contributed by atoms with E-state index in [2.05, 4.69) is 24.1 Å². The molecule has 1 aliphatic heterocycles. The molecule has 1 aromatic rings. The lowest BCUT2D eigenvalue weighted by molar-refractivity contribution is -0.123. The Morgan fingerprint density at radius 3 is 3.00 bits per heavy atom. The van der Waals surface area contributed by atoms with E-state index in [1.54, 1.807) is 25.3 Å². The van der Waals surface area contributed by atoms with Crippen LogP contribution in [-0.2, 0) is 16.1 Å². The van der Waals surface area contributed by atoms with E-state index in [4.69, 9.17) is 4.74 Å². The third-order valence-electron chi connectivity index (χ3n) is 3.90. The molecule has 0 bridgehead atoms. The number of nitrogens with one attached hydrogen (secondary N) is 1. The Hall–Kier alpha value is -1.66. The summed E-state index contributed by atoms with van der Waals surface area (Å²) in [5.74, 6) is 0.457. The number of aromatic nitrogens is 1. The standard InChI is InChI=1S/C17H27N3O3/c1-13(2)10-19-7-8-23-15(11-19)9-18-16(21)12-20-6-4-5-14(3)17(20)22/h4-6,13,15H,7-12H2,1-3H3,(H,18,21)/t15-/m0/s1. The largest absolute Gasteiger partial charge is 0.374 e. The molecule has 0 aliphatic carbocycles.